The standard InChI is InChI=1S/C15H12F2/c1-2-15(11-5-3-7-13(16)9-11)12-6-4-8-14(17)10-12/h2-10H,1H3. The van der Waals surface area contributed by atoms with Crippen molar-refractivity contribution in [1.29, 1.82) is 0 Å². The van der Waals surface area contributed by atoms with E-state index >= 15 is 0 Å². The third kappa shape index (κ3) is 2.59. The summed E-state index contributed by atoms with van der Waals surface area (Å²) in [5, 5.41) is 0. The minimum Gasteiger partial charge on any atom is -0.207 e. The molecule has 0 fully saturated rings. The fourth-order valence-electron chi connectivity index (χ4n) is 1.81. The van der Waals surface area contributed by atoms with Crippen LogP contribution >= 0.6 is 0 Å². The van der Waals surface area contributed by atoms with Crippen LogP contribution in [0.3, 0.4) is 0 Å². The van der Waals surface area contributed by atoms with Gasteiger partial charge in [0.2, 0.25) is 0 Å². The lowest BCUT2D eigenvalue weighted by atomic mass is 9.98. The Hall–Kier alpha value is -1.96. The van der Waals surface area contributed by atoms with Crippen LogP contribution in [0.5, 0.6) is 0 Å². The summed E-state index contributed by atoms with van der Waals surface area (Å²) in [6.45, 7) is 1.85. The molecule has 86 valence electrons. The van der Waals surface area contributed by atoms with E-state index in [1.165, 1.54) is 24.3 Å². The molecule has 2 aromatic rings. The molecule has 17 heavy (non-hydrogen) atoms. The molecule has 0 spiro atoms. The average molecular weight is 230 g/mol. The topological polar surface area (TPSA) is 0 Å². The zero-order chi connectivity index (χ0) is 12.3. The van der Waals surface area contributed by atoms with Gasteiger partial charge in [-0.3, -0.25) is 0 Å². The van der Waals surface area contributed by atoms with Gasteiger partial charge in [0.1, 0.15) is 11.6 Å². The number of hydrogen-bond donors (Lipinski definition) is 0. The second-order valence-electron chi connectivity index (χ2n) is 3.72. The Bertz CT molecular complexity index is 509. The normalized spacial score (nSPS) is 10.1. The van der Waals surface area contributed by atoms with Crippen LogP contribution in [0.15, 0.2) is 54.6 Å². The van der Waals surface area contributed by atoms with Gasteiger partial charge in [0, 0.05) is 0 Å². The van der Waals surface area contributed by atoms with Gasteiger partial charge in [0.25, 0.3) is 0 Å². The monoisotopic (exact) mass is 230 g/mol. The molecule has 0 saturated heterocycles. The summed E-state index contributed by atoms with van der Waals surface area (Å²) in [4.78, 5) is 0. The third-order valence-electron chi connectivity index (χ3n) is 2.56. The second-order valence-corrected chi connectivity index (χ2v) is 3.72. The smallest absolute Gasteiger partial charge is 0.123 e. The fourth-order valence-corrected chi connectivity index (χ4v) is 1.81. The lowest BCUT2D eigenvalue weighted by Crippen LogP contribution is -1.89. The quantitative estimate of drug-likeness (QED) is 0.716. The Morgan fingerprint density at radius 2 is 1.35 bits per heavy atom. The number of hydrogen-bond acceptors (Lipinski definition) is 0. The van der Waals surface area contributed by atoms with Crippen LogP contribution in [-0.2, 0) is 0 Å². The molecule has 0 radical (unpaired) electrons. The molecule has 2 aromatic carbocycles. The maximum absolute atomic E-state index is 13.2. The molecule has 0 amide bonds. The Kier molecular flexibility index (Phi) is 3.33. The Morgan fingerprint density at radius 3 is 1.71 bits per heavy atom. The largest absolute Gasteiger partial charge is 0.207 e. The maximum Gasteiger partial charge on any atom is 0.123 e. The van der Waals surface area contributed by atoms with Gasteiger partial charge in [-0.25, -0.2) is 8.78 Å². The molecule has 0 nitrogen and oxygen atoms in total. The van der Waals surface area contributed by atoms with Gasteiger partial charge in [0.05, 0.1) is 0 Å². The first kappa shape index (κ1) is 11.5. The molecule has 0 bridgehead atoms. The molecular formula is C15H12F2. The zero-order valence-electron chi connectivity index (χ0n) is 9.45. The zero-order valence-corrected chi connectivity index (χ0v) is 9.45. The number of rotatable bonds is 2. The molecule has 0 aromatic heterocycles. The van der Waals surface area contributed by atoms with E-state index in [0.717, 1.165) is 16.7 Å². The molecule has 0 atom stereocenters. The van der Waals surface area contributed by atoms with Gasteiger partial charge in [-0.1, -0.05) is 30.3 Å². The average Bonchev–Trinajstić information content (AvgIpc) is 2.30. The minimum atomic E-state index is -0.293. The number of halogens is 2. The van der Waals surface area contributed by atoms with Crippen molar-refractivity contribution in [3.05, 3.63) is 77.4 Å². The van der Waals surface area contributed by atoms with E-state index in [4.69, 9.17) is 0 Å². The molecule has 0 heterocycles. The molecule has 0 saturated carbocycles. The van der Waals surface area contributed by atoms with Crippen LogP contribution in [0.2, 0.25) is 0 Å². The summed E-state index contributed by atoms with van der Waals surface area (Å²) in [5.41, 5.74) is 2.32. The van der Waals surface area contributed by atoms with Crippen LogP contribution in [0.1, 0.15) is 18.1 Å². The van der Waals surface area contributed by atoms with E-state index in [2.05, 4.69) is 0 Å². The molecule has 2 heteroatoms. The van der Waals surface area contributed by atoms with Gasteiger partial charge in [-0.05, 0) is 47.9 Å². The molecular weight excluding hydrogens is 218 g/mol. The number of benzene rings is 2. The lowest BCUT2D eigenvalue weighted by molar-refractivity contribution is 0.627. The van der Waals surface area contributed by atoms with Gasteiger partial charge < -0.3 is 0 Å². The maximum atomic E-state index is 13.2. The van der Waals surface area contributed by atoms with Crippen molar-refractivity contribution in [3.8, 4) is 0 Å². The highest BCUT2D eigenvalue weighted by Gasteiger charge is 2.05. The first-order valence-electron chi connectivity index (χ1n) is 5.39. The summed E-state index contributed by atoms with van der Waals surface area (Å²) in [5.74, 6) is -0.587. The first-order valence-corrected chi connectivity index (χ1v) is 5.39. The Morgan fingerprint density at radius 1 is 0.882 bits per heavy atom. The van der Waals surface area contributed by atoms with Crippen LogP contribution in [0.25, 0.3) is 5.57 Å². The predicted molar refractivity (Wildman–Crippen MR) is 65.6 cm³/mol. The van der Waals surface area contributed by atoms with Crippen molar-refractivity contribution in [2.24, 2.45) is 0 Å². The SMILES string of the molecule is CC=C(c1cccc(F)c1)c1cccc(F)c1. The minimum absolute atomic E-state index is 0.293. The summed E-state index contributed by atoms with van der Waals surface area (Å²) in [6.07, 6.45) is 1.85. The predicted octanol–water partition coefficient (Wildman–Crippen LogP) is 4.42. The van der Waals surface area contributed by atoms with E-state index < -0.39 is 0 Å². The van der Waals surface area contributed by atoms with E-state index in [0.29, 0.717) is 0 Å². The van der Waals surface area contributed by atoms with Crippen molar-refractivity contribution in [2.75, 3.05) is 0 Å². The van der Waals surface area contributed by atoms with Gasteiger partial charge >= 0.3 is 0 Å². The highest BCUT2D eigenvalue weighted by Crippen LogP contribution is 2.24. The van der Waals surface area contributed by atoms with Gasteiger partial charge in [-0.2, -0.15) is 0 Å². The molecule has 2 rings (SSSR count). The third-order valence-corrected chi connectivity index (χ3v) is 2.56. The van der Waals surface area contributed by atoms with E-state index in [1.807, 2.05) is 25.1 Å². The van der Waals surface area contributed by atoms with Crippen molar-refractivity contribution in [3.63, 3.8) is 0 Å². The summed E-state index contributed by atoms with van der Waals surface area (Å²) in [7, 11) is 0. The summed E-state index contributed by atoms with van der Waals surface area (Å²) in [6, 6.07) is 12.6. The summed E-state index contributed by atoms with van der Waals surface area (Å²) >= 11 is 0. The van der Waals surface area contributed by atoms with Crippen LogP contribution in [0.4, 0.5) is 8.78 Å². The van der Waals surface area contributed by atoms with Crippen LogP contribution in [-0.4, -0.2) is 0 Å². The Labute approximate surface area is 99.2 Å². The molecule has 0 unspecified atom stereocenters. The Balaban J connectivity index is 2.48. The van der Waals surface area contributed by atoms with Crippen LogP contribution < -0.4 is 0 Å². The van der Waals surface area contributed by atoms with Crippen molar-refractivity contribution in [1.82, 2.24) is 0 Å². The van der Waals surface area contributed by atoms with Crippen LogP contribution in [0, 0.1) is 11.6 Å². The highest BCUT2D eigenvalue weighted by atomic mass is 19.1. The van der Waals surface area contributed by atoms with E-state index in [9.17, 15) is 8.78 Å². The molecule has 0 aliphatic carbocycles. The van der Waals surface area contributed by atoms with Crippen molar-refractivity contribution < 1.29 is 8.78 Å². The lowest BCUT2D eigenvalue weighted by Gasteiger charge is -2.08. The second kappa shape index (κ2) is 4.91. The van der Waals surface area contributed by atoms with E-state index in [1.54, 1.807) is 12.1 Å². The highest BCUT2D eigenvalue weighted by molar-refractivity contribution is 5.79. The van der Waals surface area contributed by atoms with E-state index in [-0.39, 0.29) is 11.6 Å². The van der Waals surface area contributed by atoms with Gasteiger partial charge in [-0.15, -0.1) is 0 Å². The molecule has 0 aliphatic heterocycles. The van der Waals surface area contributed by atoms with Crippen molar-refractivity contribution >= 4 is 5.57 Å². The fraction of sp³-hybridized carbons (Fsp3) is 0.0667. The van der Waals surface area contributed by atoms with Crippen molar-refractivity contribution in [2.45, 2.75) is 6.92 Å². The molecule has 0 N–H and O–H groups in total. The van der Waals surface area contributed by atoms with Gasteiger partial charge in [0.15, 0.2) is 0 Å². The molecule has 0 aliphatic rings. The summed E-state index contributed by atoms with van der Waals surface area (Å²) < 4.78 is 26.3. The number of allylic oxidation sites excluding steroid dienone is 1. The first-order chi connectivity index (χ1) is 8.20.